The summed E-state index contributed by atoms with van der Waals surface area (Å²) in [6, 6.07) is 18.5. The van der Waals surface area contributed by atoms with Crippen molar-refractivity contribution in [3.63, 3.8) is 0 Å². The van der Waals surface area contributed by atoms with Crippen LogP contribution in [0.3, 0.4) is 0 Å². The van der Waals surface area contributed by atoms with Gasteiger partial charge in [0.05, 0.1) is 11.4 Å². The minimum atomic E-state index is 0.111. The summed E-state index contributed by atoms with van der Waals surface area (Å²) in [4.78, 5) is 17.3. The number of amides is 1. The van der Waals surface area contributed by atoms with Crippen LogP contribution < -0.4 is 0 Å². The van der Waals surface area contributed by atoms with Crippen LogP contribution in [0.15, 0.2) is 54.6 Å². The molecule has 0 bridgehead atoms. The third kappa shape index (κ3) is 4.40. The first-order valence-corrected chi connectivity index (χ1v) is 10.2. The van der Waals surface area contributed by atoms with Crippen molar-refractivity contribution >= 4 is 5.91 Å². The molecule has 1 aliphatic heterocycles. The largest absolute Gasteiger partial charge is 0.336 e. The summed E-state index contributed by atoms with van der Waals surface area (Å²) in [5, 5.41) is 4.51. The number of hydrogen-bond acceptors (Lipinski definition) is 3. The molecule has 150 valence electrons. The molecule has 0 spiro atoms. The van der Waals surface area contributed by atoms with Gasteiger partial charge in [0.15, 0.2) is 0 Å². The molecular formula is C24H28N4O. The first kappa shape index (κ1) is 19.4. The van der Waals surface area contributed by atoms with Crippen molar-refractivity contribution in [2.24, 2.45) is 0 Å². The summed E-state index contributed by atoms with van der Waals surface area (Å²) in [6.45, 7) is 10.4. The van der Waals surface area contributed by atoms with Gasteiger partial charge in [-0.3, -0.25) is 9.69 Å². The first-order valence-electron chi connectivity index (χ1n) is 10.2. The van der Waals surface area contributed by atoms with E-state index in [2.05, 4.69) is 47.3 Å². The van der Waals surface area contributed by atoms with Crippen molar-refractivity contribution in [3.05, 3.63) is 82.7 Å². The summed E-state index contributed by atoms with van der Waals surface area (Å²) >= 11 is 0. The summed E-state index contributed by atoms with van der Waals surface area (Å²) in [5.41, 5.74) is 6.43. The van der Waals surface area contributed by atoms with E-state index in [-0.39, 0.29) is 5.91 Å². The van der Waals surface area contributed by atoms with Crippen molar-refractivity contribution in [2.45, 2.75) is 27.3 Å². The van der Waals surface area contributed by atoms with Crippen molar-refractivity contribution in [3.8, 4) is 5.69 Å². The molecule has 1 aliphatic rings. The first-order chi connectivity index (χ1) is 14.0. The van der Waals surface area contributed by atoms with Crippen LogP contribution in [0.4, 0.5) is 0 Å². The highest BCUT2D eigenvalue weighted by atomic mass is 16.2. The fourth-order valence-electron chi connectivity index (χ4n) is 4.00. The number of nitrogens with zero attached hydrogens (tertiary/aromatic N) is 4. The van der Waals surface area contributed by atoms with Crippen LogP contribution in [0.2, 0.25) is 0 Å². The zero-order valence-electron chi connectivity index (χ0n) is 17.4. The Kier molecular flexibility index (Phi) is 5.49. The molecule has 0 aliphatic carbocycles. The molecule has 0 saturated carbocycles. The zero-order valence-corrected chi connectivity index (χ0v) is 17.4. The van der Waals surface area contributed by atoms with Crippen LogP contribution in [0.5, 0.6) is 0 Å². The Hall–Kier alpha value is -2.92. The predicted molar refractivity (Wildman–Crippen MR) is 115 cm³/mol. The average Bonchev–Trinajstić information content (AvgIpc) is 3.06. The fourth-order valence-corrected chi connectivity index (χ4v) is 4.00. The molecule has 1 amide bonds. The van der Waals surface area contributed by atoms with Gasteiger partial charge in [-0.15, -0.1) is 0 Å². The minimum absolute atomic E-state index is 0.111. The molecule has 2 heterocycles. The molecule has 5 nitrogen and oxygen atoms in total. The quantitative estimate of drug-likeness (QED) is 0.683. The monoisotopic (exact) mass is 388 g/mol. The highest BCUT2D eigenvalue weighted by Gasteiger charge is 2.22. The van der Waals surface area contributed by atoms with E-state index >= 15 is 0 Å². The number of aromatic nitrogens is 2. The zero-order chi connectivity index (χ0) is 20.4. The van der Waals surface area contributed by atoms with Crippen molar-refractivity contribution in [1.29, 1.82) is 0 Å². The topological polar surface area (TPSA) is 41.4 Å². The Morgan fingerprint density at radius 1 is 0.931 bits per heavy atom. The maximum atomic E-state index is 12.9. The summed E-state index contributed by atoms with van der Waals surface area (Å²) in [5.74, 6) is 0.111. The molecular weight excluding hydrogens is 360 g/mol. The van der Waals surface area contributed by atoms with E-state index in [1.165, 1.54) is 11.1 Å². The number of rotatable bonds is 4. The number of piperazine rings is 1. The van der Waals surface area contributed by atoms with Gasteiger partial charge < -0.3 is 4.90 Å². The lowest BCUT2D eigenvalue weighted by molar-refractivity contribution is 0.0628. The van der Waals surface area contributed by atoms with Gasteiger partial charge in [0.25, 0.3) is 5.91 Å². The highest BCUT2D eigenvalue weighted by molar-refractivity contribution is 5.94. The number of aryl methyl sites for hydroxylation is 3. The van der Waals surface area contributed by atoms with Crippen LogP contribution in [-0.2, 0) is 6.54 Å². The Morgan fingerprint density at radius 3 is 2.28 bits per heavy atom. The number of hydrogen-bond donors (Lipinski definition) is 0. The van der Waals surface area contributed by atoms with Crippen molar-refractivity contribution < 1.29 is 4.79 Å². The maximum absolute atomic E-state index is 12.9. The number of carbonyl (C=O) groups excluding carboxylic acids is 1. The Morgan fingerprint density at radius 2 is 1.66 bits per heavy atom. The second-order valence-corrected chi connectivity index (χ2v) is 7.94. The molecule has 5 heteroatoms. The van der Waals surface area contributed by atoms with Crippen molar-refractivity contribution in [1.82, 2.24) is 19.6 Å². The van der Waals surface area contributed by atoms with E-state index in [1.807, 2.05) is 47.7 Å². The molecule has 2 aromatic carbocycles. The third-order valence-electron chi connectivity index (χ3n) is 5.52. The molecule has 0 atom stereocenters. The second-order valence-electron chi connectivity index (χ2n) is 7.94. The van der Waals surface area contributed by atoms with E-state index in [9.17, 15) is 4.79 Å². The van der Waals surface area contributed by atoms with E-state index in [1.54, 1.807) is 0 Å². The van der Waals surface area contributed by atoms with Gasteiger partial charge in [-0.05, 0) is 56.7 Å². The Bertz CT molecular complexity index is 998. The van der Waals surface area contributed by atoms with E-state index in [0.29, 0.717) is 0 Å². The summed E-state index contributed by atoms with van der Waals surface area (Å²) in [7, 11) is 0. The SMILES string of the molecule is Cc1cccc(CN2CCN(C(=O)c3ccc(-n4nc(C)cc4C)cc3)CC2)c1. The molecule has 4 rings (SSSR count). The number of benzene rings is 2. The number of carbonyl (C=O) groups is 1. The van der Waals surface area contributed by atoms with Gasteiger partial charge >= 0.3 is 0 Å². The second kappa shape index (κ2) is 8.21. The third-order valence-corrected chi connectivity index (χ3v) is 5.52. The van der Waals surface area contributed by atoms with Crippen LogP contribution in [-0.4, -0.2) is 51.7 Å². The van der Waals surface area contributed by atoms with E-state index in [0.717, 1.165) is 55.4 Å². The smallest absolute Gasteiger partial charge is 0.253 e. The van der Waals surface area contributed by atoms with Gasteiger partial charge in [-0.2, -0.15) is 5.10 Å². The maximum Gasteiger partial charge on any atom is 0.253 e. The molecule has 1 saturated heterocycles. The van der Waals surface area contributed by atoms with Crippen LogP contribution in [0, 0.1) is 20.8 Å². The molecule has 0 radical (unpaired) electrons. The van der Waals surface area contributed by atoms with Gasteiger partial charge in [0.2, 0.25) is 0 Å². The molecule has 0 unspecified atom stereocenters. The van der Waals surface area contributed by atoms with Crippen LogP contribution in [0.25, 0.3) is 5.69 Å². The van der Waals surface area contributed by atoms with Crippen molar-refractivity contribution in [2.75, 3.05) is 26.2 Å². The van der Waals surface area contributed by atoms with Gasteiger partial charge in [0.1, 0.15) is 0 Å². The lowest BCUT2D eigenvalue weighted by Gasteiger charge is -2.34. The van der Waals surface area contributed by atoms with Gasteiger partial charge in [-0.1, -0.05) is 29.8 Å². The van der Waals surface area contributed by atoms with Gasteiger partial charge in [-0.25, -0.2) is 4.68 Å². The highest BCUT2D eigenvalue weighted by Crippen LogP contribution is 2.16. The summed E-state index contributed by atoms with van der Waals surface area (Å²) < 4.78 is 1.91. The van der Waals surface area contributed by atoms with E-state index < -0.39 is 0 Å². The molecule has 1 fully saturated rings. The molecule has 1 aromatic heterocycles. The summed E-state index contributed by atoms with van der Waals surface area (Å²) in [6.07, 6.45) is 0. The molecule has 29 heavy (non-hydrogen) atoms. The lowest BCUT2D eigenvalue weighted by atomic mass is 10.1. The van der Waals surface area contributed by atoms with Crippen LogP contribution in [0.1, 0.15) is 32.9 Å². The van der Waals surface area contributed by atoms with Crippen LogP contribution >= 0.6 is 0 Å². The van der Waals surface area contributed by atoms with E-state index in [4.69, 9.17) is 0 Å². The van der Waals surface area contributed by atoms with Gasteiger partial charge in [0, 0.05) is 44.0 Å². The Balaban J connectivity index is 1.36. The normalized spacial score (nSPS) is 14.9. The lowest BCUT2D eigenvalue weighted by Crippen LogP contribution is -2.48. The Labute approximate surface area is 172 Å². The average molecular weight is 389 g/mol. The fraction of sp³-hybridized carbons (Fsp3) is 0.333. The molecule has 0 N–H and O–H groups in total. The molecule has 3 aromatic rings. The standard InChI is InChI=1S/C24H28N4O/c1-18-5-4-6-21(15-18)17-26-11-13-27(14-12-26)24(29)22-7-9-23(10-8-22)28-20(3)16-19(2)25-28/h4-10,15-16H,11-14,17H2,1-3H3. The minimum Gasteiger partial charge on any atom is -0.336 e. The predicted octanol–water partition coefficient (Wildman–Crippen LogP) is 3.76.